The van der Waals surface area contributed by atoms with Crippen LogP contribution < -0.4 is 5.32 Å². The molecular weight excluding hydrogens is 233 g/mol. The molecule has 2 rings (SSSR count). The highest BCUT2D eigenvalue weighted by Gasteiger charge is 2.12. The lowest BCUT2D eigenvalue weighted by Crippen LogP contribution is -2.29. The fourth-order valence-electron chi connectivity index (χ4n) is 2.08. The maximum atomic E-state index is 13.5. The number of carbonyl (C=O) groups is 1. The van der Waals surface area contributed by atoms with Gasteiger partial charge in [0.05, 0.1) is 5.56 Å². The molecule has 3 nitrogen and oxygen atoms in total. The summed E-state index contributed by atoms with van der Waals surface area (Å²) in [6.07, 6.45) is 7.28. The zero-order chi connectivity index (χ0) is 13.0. The zero-order valence-electron chi connectivity index (χ0n) is 10.0. The Bertz CT molecular complexity index is 471. The number of carboxylic acid groups (broad SMARTS) is 1. The first-order valence-corrected chi connectivity index (χ1v) is 6.07. The van der Waals surface area contributed by atoms with E-state index in [1.54, 1.807) is 0 Å². The van der Waals surface area contributed by atoms with Gasteiger partial charge in [0.2, 0.25) is 0 Å². The largest absolute Gasteiger partial charge is 0.478 e. The average molecular weight is 249 g/mol. The molecule has 1 aromatic rings. The minimum Gasteiger partial charge on any atom is -0.478 e. The summed E-state index contributed by atoms with van der Waals surface area (Å²) >= 11 is 0. The van der Waals surface area contributed by atoms with Gasteiger partial charge in [0, 0.05) is 18.2 Å². The molecular formula is C14H16FNO2. The monoisotopic (exact) mass is 249 g/mol. The quantitative estimate of drug-likeness (QED) is 0.807. The molecule has 1 aliphatic carbocycles. The summed E-state index contributed by atoms with van der Waals surface area (Å²) in [5.41, 5.74) is 0.529. The van der Waals surface area contributed by atoms with Gasteiger partial charge in [0.25, 0.3) is 0 Å². The van der Waals surface area contributed by atoms with E-state index in [1.165, 1.54) is 18.2 Å². The first kappa shape index (κ1) is 12.8. The van der Waals surface area contributed by atoms with Crippen molar-refractivity contribution < 1.29 is 14.3 Å². The van der Waals surface area contributed by atoms with Crippen LogP contribution in [0.4, 0.5) is 4.39 Å². The Kier molecular flexibility index (Phi) is 4.10. The number of hydrogen-bond acceptors (Lipinski definition) is 2. The van der Waals surface area contributed by atoms with Crippen LogP contribution in [0.2, 0.25) is 0 Å². The standard InChI is InChI=1S/C14H16FNO2/c15-13-7-6-10(14(17)18)8-11(13)9-16-12-4-2-1-3-5-12/h1-2,6-8,12,16H,3-5,9H2,(H,17,18). The predicted molar refractivity (Wildman–Crippen MR) is 67.0 cm³/mol. The zero-order valence-corrected chi connectivity index (χ0v) is 10.0. The molecule has 4 heteroatoms. The minimum atomic E-state index is -1.03. The van der Waals surface area contributed by atoms with Crippen molar-refractivity contribution in [2.24, 2.45) is 0 Å². The SMILES string of the molecule is O=C(O)c1ccc(F)c(CNC2CC=CCC2)c1. The molecule has 1 aromatic carbocycles. The van der Waals surface area contributed by atoms with E-state index in [4.69, 9.17) is 5.11 Å². The maximum Gasteiger partial charge on any atom is 0.335 e. The maximum absolute atomic E-state index is 13.5. The van der Waals surface area contributed by atoms with E-state index in [0.29, 0.717) is 18.2 Å². The fraction of sp³-hybridized carbons (Fsp3) is 0.357. The van der Waals surface area contributed by atoms with E-state index in [0.717, 1.165) is 19.3 Å². The third-order valence-electron chi connectivity index (χ3n) is 3.14. The van der Waals surface area contributed by atoms with Gasteiger partial charge in [0.1, 0.15) is 5.82 Å². The number of benzene rings is 1. The molecule has 0 radical (unpaired) electrons. The van der Waals surface area contributed by atoms with Gasteiger partial charge in [-0.05, 0) is 37.5 Å². The molecule has 0 aromatic heterocycles. The topological polar surface area (TPSA) is 49.3 Å². The molecule has 0 spiro atoms. The van der Waals surface area contributed by atoms with Gasteiger partial charge < -0.3 is 10.4 Å². The van der Waals surface area contributed by atoms with Crippen LogP contribution in [0.15, 0.2) is 30.4 Å². The van der Waals surface area contributed by atoms with Crippen LogP contribution in [-0.2, 0) is 6.54 Å². The highest BCUT2D eigenvalue weighted by atomic mass is 19.1. The molecule has 0 bridgehead atoms. The fourth-order valence-corrected chi connectivity index (χ4v) is 2.08. The average Bonchev–Trinajstić information content (AvgIpc) is 2.38. The van der Waals surface area contributed by atoms with Crippen LogP contribution in [-0.4, -0.2) is 17.1 Å². The second kappa shape index (κ2) is 5.78. The van der Waals surface area contributed by atoms with Gasteiger partial charge >= 0.3 is 5.97 Å². The van der Waals surface area contributed by atoms with Crippen molar-refractivity contribution in [2.45, 2.75) is 31.8 Å². The smallest absolute Gasteiger partial charge is 0.335 e. The summed E-state index contributed by atoms with van der Waals surface area (Å²) in [4.78, 5) is 10.8. The van der Waals surface area contributed by atoms with E-state index in [-0.39, 0.29) is 11.4 Å². The second-order valence-electron chi connectivity index (χ2n) is 4.47. The normalized spacial score (nSPS) is 18.8. The van der Waals surface area contributed by atoms with Gasteiger partial charge in [0.15, 0.2) is 0 Å². The van der Waals surface area contributed by atoms with Crippen LogP contribution in [0.1, 0.15) is 35.2 Å². The number of carboxylic acids is 1. The summed E-state index contributed by atoms with van der Waals surface area (Å²) < 4.78 is 13.5. The van der Waals surface area contributed by atoms with Gasteiger partial charge in [-0.3, -0.25) is 0 Å². The van der Waals surface area contributed by atoms with Crippen LogP contribution in [0.25, 0.3) is 0 Å². The molecule has 0 aliphatic heterocycles. The van der Waals surface area contributed by atoms with Gasteiger partial charge in [-0.1, -0.05) is 12.2 Å². The van der Waals surface area contributed by atoms with Crippen molar-refractivity contribution in [3.8, 4) is 0 Å². The first-order valence-electron chi connectivity index (χ1n) is 6.07. The summed E-state index contributed by atoms with van der Waals surface area (Å²) in [5, 5.41) is 12.1. The third-order valence-corrected chi connectivity index (χ3v) is 3.14. The molecule has 0 fully saturated rings. The van der Waals surface area contributed by atoms with Crippen LogP contribution in [0.5, 0.6) is 0 Å². The summed E-state index contributed by atoms with van der Waals surface area (Å²) in [6, 6.07) is 4.23. The van der Waals surface area contributed by atoms with E-state index >= 15 is 0 Å². The molecule has 18 heavy (non-hydrogen) atoms. The number of aromatic carboxylic acids is 1. The molecule has 0 amide bonds. The predicted octanol–water partition coefficient (Wildman–Crippen LogP) is 2.72. The van der Waals surface area contributed by atoms with Crippen molar-refractivity contribution in [2.75, 3.05) is 0 Å². The van der Waals surface area contributed by atoms with E-state index in [2.05, 4.69) is 17.5 Å². The van der Waals surface area contributed by atoms with Gasteiger partial charge in [-0.25, -0.2) is 9.18 Å². The second-order valence-corrected chi connectivity index (χ2v) is 4.47. The Morgan fingerprint density at radius 1 is 1.44 bits per heavy atom. The lowest BCUT2D eigenvalue weighted by Gasteiger charge is -2.19. The summed E-state index contributed by atoms with van der Waals surface area (Å²) in [7, 11) is 0. The Hall–Kier alpha value is -1.68. The van der Waals surface area contributed by atoms with Crippen molar-refractivity contribution >= 4 is 5.97 Å². The number of hydrogen-bond donors (Lipinski definition) is 2. The van der Waals surface area contributed by atoms with Crippen LogP contribution >= 0.6 is 0 Å². The van der Waals surface area contributed by atoms with Crippen LogP contribution in [0.3, 0.4) is 0 Å². The van der Waals surface area contributed by atoms with Crippen molar-refractivity contribution in [1.82, 2.24) is 5.32 Å². The Balaban J connectivity index is 2.01. The lowest BCUT2D eigenvalue weighted by atomic mass is 10.0. The van der Waals surface area contributed by atoms with Gasteiger partial charge in [-0.15, -0.1) is 0 Å². The van der Waals surface area contributed by atoms with E-state index in [1.807, 2.05) is 0 Å². The Morgan fingerprint density at radius 3 is 2.94 bits per heavy atom. The Labute approximate surface area is 105 Å². The highest BCUT2D eigenvalue weighted by Crippen LogP contribution is 2.14. The summed E-state index contributed by atoms with van der Waals surface area (Å²) in [6.45, 7) is 0.367. The van der Waals surface area contributed by atoms with Crippen molar-refractivity contribution in [3.63, 3.8) is 0 Å². The third kappa shape index (κ3) is 3.17. The number of halogens is 1. The van der Waals surface area contributed by atoms with Gasteiger partial charge in [-0.2, -0.15) is 0 Å². The van der Waals surface area contributed by atoms with Crippen molar-refractivity contribution in [1.29, 1.82) is 0 Å². The molecule has 96 valence electrons. The molecule has 0 saturated heterocycles. The molecule has 0 heterocycles. The molecule has 0 saturated carbocycles. The van der Waals surface area contributed by atoms with E-state index in [9.17, 15) is 9.18 Å². The molecule has 1 atom stereocenters. The number of nitrogens with one attached hydrogen (secondary N) is 1. The Morgan fingerprint density at radius 2 is 2.28 bits per heavy atom. The minimum absolute atomic E-state index is 0.122. The molecule has 2 N–H and O–H groups in total. The van der Waals surface area contributed by atoms with Crippen LogP contribution in [0, 0.1) is 5.82 Å². The van der Waals surface area contributed by atoms with Crippen molar-refractivity contribution in [3.05, 3.63) is 47.3 Å². The molecule has 1 aliphatic rings. The lowest BCUT2D eigenvalue weighted by molar-refractivity contribution is 0.0696. The number of allylic oxidation sites excluding steroid dienone is 1. The number of rotatable bonds is 4. The van der Waals surface area contributed by atoms with E-state index < -0.39 is 5.97 Å². The molecule has 1 unspecified atom stereocenters. The summed E-state index contributed by atoms with van der Waals surface area (Å²) in [5.74, 6) is -1.39. The first-order chi connectivity index (χ1) is 8.66. The highest BCUT2D eigenvalue weighted by molar-refractivity contribution is 5.87.